The smallest absolute Gasteiger partial charge is 0.825 e. The second-order valence-corrected chi connectivity index (χ2v) is 7.90. The van der Waals surface area contributed by atoms with Gasteiger partial charge in [-0.2, -0.15) is 17.1 Å². The Morgan fingerprint density at radius 2 is 1.91 bits per heavy atom. The molecule has 0 aliphatic rings. The van der Waals surface area contributed by atoms with Gasteiger partial charge in [0.2, 0.25) is 0 Å². The van der Waals surface area contributed by atoms with Crippen LogP contribution in [0.3, 0.4) is 0 Å². The van der Waals surface area contributed by atoms with Gasteiger partial charge >= 0.3 is 19.5 Å². The Bertz CT molecular complexity index is 128. The Morgan fingerprint density at radius 1 is 1.36 bits per heavy atom. The first-order chi connectivity index (χ1) is 4.56. The Kier molecular flexibility index (Phi) is 11.1. The zero-order chi connectivity index (χ0) is 8.04. The van der Waals surface area contributed by atoms with Crippen molar-refractivity contribution in [1.29, 1.82) is 0 Å². The van der Waals surface area contributed by atoms with Gasteiger partial charge in [0, 0.05) is 0 Å². The molecule has 0 N–H and O–H groups in total. The standard InChI is InChI=1S/C5H13O2PS2.Zn/c1-2-3-4-5-10-8(6,7)9;/h2-5H2,1H3,(H2,6,7,9);/q;+2/p-2. The fourth-order valence-electron chi connectivity index (χ4n) is 0.528. The molecular weight excluding hydrogens is 253 g/mol. The molecule has 0 rings (SSSR count). The average Bonchev–Trinajstić information content (AvgIpc) is 1.78. The molecule has 0 saturated carbocycles. The Morgan fingerprint density at radius 3 is 2.27 bits per heavy atom. The number of hydrogen-bond acceptors (Lipinski definition) is 4. The number of rotatable bonds is 5. The maximum atomic E-state index is 10.4. The molecule has 0 spiro atoms. The Balaban J connectivity index is 0. The van der Waals surface area contributed by atoms with Crippen LogP contribution in [0.2, 0.25) is 0 Å². The van der Waals surface area contributed by atoms with E-state index in [1.165, 1.54) is 0 Å². The van der Waals surface area contributed by atoms with Crippen molar-refractivity contribution in [2.24, 2.45) is 0 Å². The van der Waals surface area contributed by atoms with Crippen LogP contribution in [0.1, 0.15) is 26.2 Å². The van der Waals surface area contributed by atoms with Gasteiger partial charge < -0.3 is 9.79 Å². The average molecular weight is 264 g/mol. The van der Waals surface area contributed by atoms with E-state index in [2.05, 4.69) is 18.7 Å². The monoisotopic (exact) mass is 262 g/mol. The zero-order valence-electron chi connectivity index (χ0n) is 6.62. The van der Waals surface area contributed by atoms with Crippen molar-refractivity contribution >= 4 is 28.9 Å². The van der Waals surface area contributed by atoms with Crippen LogP contribution >= 0.6 is 17.1 Å². The molecule has 0 radical (unpaired) electrons. The minimum Gasteiger partial charge on any atom is -0.825 e. The molecule has 0 aliphatic heterocycles. The first kappa shape index (κ1) is 15.0. The van der Waals surface area contributed by atoms with Crippen LogP contribution in [0.5, 0.6) is 0 Å². The molecule has 0 amide bonds. The van der Waals surface area contributed by atoms with E-state index in [0.717, 1.165) is 30.6 Å². The van der Waals surface area contributed by atoms with E-state index in [4.69, 9.17) is 0 Å². The first-order valence-corrected chi connectivity index (χ1v) is 7.45. The van der Waals surface area contributed by atoms with E-state index >= 15 is 0 Å². The third-order valence-corrected chi connectivity index (χ3v) is 4.23. The predicted molar refractivity (Wildman–Crippen MR) is 46.3 cm³/mol. The van der Waals surface area contributed by atoms with Crippen LogP contribution < -0.4 is 9.79 Å². The van der Waals surface area contributed by atoms with Crippen molar-refractivity contribution in [1.82, 2.24) is 0 Å². The van der Waals surface area contributed by atoms with Crippen LogP contribution in [-0.4, -0.2) is 5.75 Å². The maximum Gasteiger partial charge on any atom is 2.00 e. The number of unbranched alkanes of at least 4 members (excludes halogenated alkanes) is 2. The molecule has 0 aliphatic carbocycles. The second-order valence-electron chi connectivity index (χ2n) is 1.99. The summed E-state index contributed by atoms with van der Waals surface area (Å²) in [6.07, 6.45) is 3.15. The van der Waals surface area contributed by atoms with E-state index in [1.54, 1.807) is 0 Å². The van der Waals surface area contributed by atoms with Gasteiger partial charge in [0.1, 0.15) is 0 Å². The van der Waals surface area contributed by atoms with E-state index in [-0.39, 0.29) is 19.5 Å². The van der Waals surface area contributed by atoms with E-state index < -0.39 is 5.69 Å². The van der Waals surface area contributed by atoms with Gasteiger partial charge in [-0.3, -0.25) is 0 Å². The summed E-state index contributed by atoms with van der Waals surface area (Å²) in [5.74, 6) is 0.651. The molecule has 62 valence electrons. The molecule has 0 unspecified atom stereocenters. The fourth-order valence-corrected chi connectivity index (χ4v) is 2.81. The molecular formula is C5H11O2PS2Zn. The van der Waals surface area contributed by atoms with E-state index in [0.29, 0.717) is 5.75 Å². The van der Waals surface area contributed by atoms with Gasteiger partial charge in [0.15, 0.2) is 0 Å². The first-order valence-electron chi connectivity index (χ1n) is 3.23. The molecule has 6 heteroatoms. The molecule has 0 aromatic heterocycles. The van der Waals surface area contributed by atoms with Gasteiger partial charge in [-0.25, -0.2) is 0 Å². The van der Waals surface area contributed by atoms with Crippen LogP contribution in [0.15, 0.2) is 0 Å². The summed E-state index contributed by atoms with van der Waals surface area (Å²) in [7, 11) is 0. The van der Waals surface area contributed by atoms with Gasteiger partial charge in [-0.05, 0) is 12.2 Å². The molecule has 0 aromatic carbocycles. The largest absolute Gasteiger partial charge is 2.00 e. The normalized spacial score (nSPS) is 10.8. The summed E-state index contributed by atoms with van der Waals surface area (Å²) in [5, 5.41) is 0. The van der Waals surface area contributed by atoms with Crippen molar-refractivity contribution in [3.8, 4) is 0 Å². The summed E-state index contributed by atoms with van der Waals surface area (Å²) in [6, 6.07) is 0. The van der Waals surface area contributed by atoms with Crippen LogP contribution in [-0.2, 0) is 31.3 Å². The van der Waals surface area contributed by atoms with E-state index in [9.17, 15) is 9.79 Å². The summed E-state index contributed by atoms with van der Waals surface area (Å²) in [4.78, 5) is 20.8. The SMILES string of the molecule is CCCCCSP([O-])([O-])=S.[Zn+2]. The minimum absolute atomic E-state index is 0. The van der Waals surface area contributed by atoms with Crippen LogP contribution in [0.25, 0.3) is 0 Å². The predicted octanol–water partition coefficient (Wildman–Crippen LogP) is 0.852. The van der Waals surface area contributed by atoms with Crippen molar-refractivity contribution in [3.05, 3.63) is 0 Å². The third-order valence-electron chi connectivity index (χ3n) is 0.997. The zero-order valence-corrected chi connectivity index (χ0v) is 12.1. The topological polar surface area (TPSA) is 46.1 Å². The Labute approximate surface area is 89.8 Å². The molecule has 0 atom stereocenters. The van der Waals surface area contributed by atoms with Crippen LogP contribution in [0, 0.1) is 0 Å². The molecule has 0 aromatic rings. The molecule has 0 heterocycles. The second kappa shape index (κ2) is 8.16. The quantitative estimate of drug-likeness (QED) is 0.419. The van der Waals surface area contributed by atoms with Crippen molar-refractivity contribution in [3.63, 3.8) is 0 Å². The molecule has 2 nitrogen and oxygen atoms in total. The summed E-state index contributed by atoms with van der Waals surface area (Å²) in [5.41, 5.74) is -3.46. The van der Waals surface area contributed by atoms with Crippen LogP contribution in [0.4, 0.5) is 0 Å². The summed E-state index contributed by atoms with van der Waals surface area (Å²) >= 11 is 5.09. The molecule has 11 heavy (non-hydrogen) atoms. The van der Waals surface area contributed by atoms with E-state index in [1.807, 2.05) is 0 Å². The van der Waals surface area contributed by atoms with Gasteiger partial charge in [0.05, 0.1) is 0 Å². The fraction of sp³-hybridized carbons (Fsp3) is 1.00. The Hall–Kier alpha value is 1.54. The van der Waals surface area contributed by atoms with Gasteiger partial charge in [-0.15, -0.1) is 11.8 Å². The maximum absolute atomic E-state index is 10.4. The third kappa shape index (κ3) is 14.4. The van der Waals surface area contributed by atoms with Gasteiger partial charge in [-0.1, -0.05) is 19.8 Å². The molecule has 0 fully saturated rings. The minimum atomic E-state index is -3.46. The van der Waals surface area contributed by atoms with Gasteiger partial charge in [0.25, 0.3) is 0 Å². The summed E-state index contributed by atoms with van der Waals surface area (Å²) in [6.45, 7) is 2.08. The van der Waals surface area contributed by atoms with Crippen molar-refractivity contribution < 1.29 is 29.3 Å². The molecule has 0 saturated heterocycles. The molecule has 0 bridgehead atoms. The van der Waals surface area contributed by atoms with Crippen molar-refractivity contribution in [2.45, 2.75) is 26.2 Å². The van der Waals surface area contributed by atoms with Crippen molar-refractivity contribution in [2.75, 3.05) is 5.75 Å². The number of hydrogen-bond donors (Lipinski definition) is 0. The summed E-state index contributed by atoms with van der Waals surface area (Å²) < 4.78 is 0.